The molecule has 1 aromatic carbocycles. The molecule has 1 amide bonds. The first-order chi connectivity index (χ1) is 13.1. The molecular formula is C20H31N3O4. The van der Waals surface area contributed by atoms with Gasteiger partial charge in [-0.1, -0.05) is 13.8 Å². The van der Waals surface area contributed by atoms with E-state index in [1.54, 1.807) is 18.2 Å². The lowest BCUT2D eigenvalue weighted by Crippen LogP contribution is -2.33. The third-order valence-electron chi connectivity index (χ3n) is 4.46. The summed E-state index contributed by atoms with van der Waals surface area (Å²) in [6, 6.07) is 5.41. The summed E-state index contributed by atoms with van der Waals surface area (Å²) < 4.78 is 16.1. The van der Waals surface area contributed by atoms with E-state index in [4.69, 9.17) is 14.2 Å². The zero-order valence-electron chi connectivity index (χ0n) is 16.8. The van der Waals surface area contributed by atoms with Gasteiger partial charge in [0.2, 0.25) is 6.79 Å². The highest BCUT2D eigenvalue weighted by atomic mass is 16.7. The van der Waals surface area contributed by atoms with Gasteiger partial charge in [-0.2, -0.15) is 0 Å². The third kappa shape index (κ3) is 6.43. The van der Waals surface area contributed by atoms with Crippen LogP contribution in [0, 0.1) is 0 Å². The highest BCUT2D eigenvalue weighted by molar-refractivity contribution is 6.04. The summed E-state index contributed by atoms with van der Waals surface area (Å²) in [5.74, 6) is 0.935. The number of ether oxygens (including phenoxy) is 3. The van der Waals surface area contributed by atoms with Crippen LogP contribution in [-0.2, 0) is 4.74 Å². The maximum atomic E-state index is 12.5. The Labute approximate surface area is 161 Å². The summed E-state index contributed by atoms with van der Waals surface area (Å²) in [4.78, 5) is 19.4. The van der Waals surface area contributed by atoms with Crippen LogP contribution in [-0.4, -0.2) is 55.9 Å². The maximum Gasteiger partial charge on any atom is 0.291 e. The van der Waals surface area contributed by atoms with Crippen LogP contribution in [0.25, 0.3) is 0 Å². The minimum atomic E-state index is -0.282. The first kappa shape index (κ1) is 21.0. The average molecular weight is 377 g/mol. The largest absolute Gasteiger partial charge is 0.465 e. The normalized spacial score (nSPS) is 14.3. The molecule has 7 heteroatoms. The molecule has 1 N–H and O–H groups in total. The number of nitrogens with one attached hydrogen (secondary N) is 1. The van der Waals surface area contributed by atoms with Crippen LogP contribution < -0.4 is 14.8 Å². The third-order valence-corrected chi connectivity index (χ3v) is 4.46. The molecule has 27 heavy (non-hydrogen) atoms. The van der Waals surface area contributed by atoms with Crippen molar-refractivity contribution in [2.75, 3.05) is 33.0 Å². The number of carbonyl (C=O) groups is 1. The van der Waals surface area contributed by atoms with E-state index in [1.807, 2.05) is 13.8 Å². The highest BCUT2D eigenvalue weighted by Gasteiger charge is 2.17. The topological polar surface area (TPSA) is 72.4 Å². The van der Waals surface area contributed by atoms with Crippen LogP contribution in [0.5, 0.6) is 11.5 Å². The lowest BCUT2D eigenvalue weighted by molar-refractivity contribution is 0.0965. The minimum Gasteiger partial charge on any atom is -0.465 e. The van der Waals surface area contributed by atoms with Gasteiger partial charge in [0.25, 0.3) is 11.9 Å². The fraction of sp³-hybridized carbons (Fsp3) is 0.600. The van der Waals surface area contributed by atoms with E-state index >= 15 is 0 Å². The predicted octanol–water partition coefficient (Wildman–Crippen LogP) is 3.05. The Morgan fingerprint density at radius 2 is 2.00 bits per heavy atom. The van der Waals surface area contributed by atoms with Crippen LogP contribution in [0.1, 0.15) is 50.9 Å². The molecule has 0 spiro atoms. The molecule has 1 aromatic rings. The summed E-state index contributed by atoms with van der Waals surface area (Å²) in [6.07, 6.45) is 1.99. The van der Waals surface area contributed by atoms with Crippen molar-refractivity contribution in [3.63, 3.8) is 0 Å². The number of rotatable bonds is 9. The molecule has 2 rings (SSSR count). The van der Waals surface area contributed by atoms with Crippen LogP contribution in [0.3, 0.4) is 0 Å². The van der Waals surface area contributed by atoms with E-state index in [-0.39, 0.29) is 24.8 Å². The maximum absolute atomic E-state index is 12.5. The van der Waals surface area contributed by atoms with Gasteiger partial charge in [-0.25, -0.2) is 4.99 Å². The molecular weight excluding hydrogens is 346 g/mol. The van der Waals surface area contributed by atoms with Gasteiger partial charge in [-0.15, -0.1) is 0 Å². The molecule has 0 radical (unpaired) electrons. The van der Waals surface area contributed by atoms with Crippen molar-refractivity contribution in [2.45, 2.75) is 46.6 Å². The Morgan fingerprint density at radius 1 is 1.26 bits per heavy atom. The Balaban J connectivity index is 1.93. The Kier molecular flexibility index (Phi) is 8.39. The van der Waals surface area contributed by atoms with Crippen molar-refractivity contribution >= 4 is 11.9 Å². The number of fused-ring (bicyclic) bond motifs is 1. The molecule has 1 aliphatic rings. The number of hydrogen-bond donors (Lipinski definition) is 1. The van der Waals surface area contributed by atoms with Gasteiger partial charge in [0, 0.05) is 5.56 Å². The van der Waals surface area contributed by atoms with Gasteiger partial charge >= 0.3 is 0 Å². The molecule has 0 fully saturated rings. The van der Waals surface area contributed by atoms with Crippen LogP contribution in [0.2, 0.25) is 0 Å². The van der Waals surface area contributed by atoms with Crippen molar-refractivity contribution in [2.24, 2.45) is 4.99 Å². The number of benzene rings is 1. The first-order valence-electron chi connectivity index (χ1n) is 9.71. The fourth-order valence-corrected chi connectivity index (χ4v) is 2.86. The second-order valence-corrected chi connectivity index (χ2v) is 6.41. The Hall–Kier alpha value is -2.28. The lowest BCUT2D eigenvalue weighted by Gasteiger charge is -2.18. The SMILES string of the molecule is CCOC(=N[C@@H](C)CCCN(CC)CC)NC(=O)c1ccc2c(c1)OCO2. The van der Waals surface area contributed by atoms with Crippen molar-refractivity contribution in [1.29, 1.82) is 0 Å². The molecule has 7 nitrogen and oxygen atoms in total. The lowest BCUT2D eigenvalue weighted by atomic mass is 10.2. The average Bonchev–Trinajstić information content (AvgIpc) is 3.13. The van der Waals surface area contributed by atoms with Crippen LogP contribution in [0.4, 0.5) is 0 Å². The number of aliphatic imine (C=N–C) groups is 1. The van der Waals surface area contributed by atoms with Crippen molar-refractivity contribution < 1.29 is 19.0 Å². The molecule has 0 aliphatic carbocycles. The van der Waals surface area contributed by atoms with Crippen molar-refractivity contribution in [3.8, 4) is 11.5 Å². The number of amidine groups is 1. The second kappa shape index (κ2) is 10.8. The highest BCUT2D eigenvalue weighted by Crippen LogP contribution is 2.32. The zero-order chi connectivity index (χ0) is 19.6. The number of amides is 1. The number of hydrogen-bond acceptors (Lipinski definition) is 6. The Bertz CT molecular complexity index is 644. The van der Waals surface area contributed by atoms with Crippen LogP contribution in [0.15, 0.2) is 23.2 Å². The van der Waals surface area contributed by atoms with Crippen molar-refractivity contribution in [1.82, 2.24) is 10.2 Å². The van der Waals surface area contributed by atoms with Gasteiger partial charge in [0.1, 0.15) is 0 Å². The van der Waals surface area contributed by atoms with E-state index in [1.165, 1.54) is 0 Å². The monoisotopic (exact) mass is 377 g/mol. The first-order valence-corrected chi connectivity index (χ1v) is 9.71. The van der Waals surface area contributed by atoms with Gasteiger partial charge in [-0.05, 0) is 64.5 Å². The molecule has 0 saturated heterocycles. The molecule has 1 heterocycles. The summed E-state index contributed by atoms with van der Waals surface area (Å²) in [7, 11) is 0. The molecule has 1 atom stereocenters. The van der Waals surface area contributed by atoms with E-state index < -0.39 is 0 Å². The van der Waals surface area contributed by atoms with Gasteiger partial charge in [0.05, 0.1) is 12.6 Å². The molecule has 1 aliphatic heterocycles. The van der Waals surface area contributed by atoms with Gasteiger partial charge < -0.3 is 19.1 Å². The van der Waals surface area contributed by atoms with Gasteiger partial charge in [-0.3, -0.25) is 10.1 Å². The quantitative estimate of drug-likeness (QED) is 0.529. The predicted molar refractivity (Wildman–Crippen MR) is 106 cm³/mol. The summed E-state index contributed by atoms with van der Waals surface area (Å²) in [6.45, 7) is 12.0. The molecule has 0 aromatic heterocycles. The summed E-state index contributed by atoms with van der Waals surface area (Å²) in [5.41, 5.74) is 0.473. The summed E-state index contributed by atoms with van der Waals surface area (Å²) in [5, 5.41) is 2.76. The minimum absolute atomic E-state index is 0.0687. The van der Waals surface area contributed by atoms with E-state index in [0.717, 1.165) is 32.5 Å². The van der Waals surface area contributed by atoms with Crippen LogP contribution >= 0.6 is 0 Å². The van der Waals surface area contributed by atoms with E-state index in [0.29, 0.717) is 23.7 Å². The van der Waals surface area contributed by atoms with Crippen molar-refractivity contribution in [3.05, 3.63) is 23.8 Å². The second-order valence-electron chi connectivity index (χ2n) is 6.41. The number of carbonyl (C=O) groups excluding carboxylic acids is 1. The zero-order valence-corrected chi connectivity index (χ0v) is 16.8. The molecule has 0 saturated carbocycles. The molecule has 150 valence electrons. The smallest absolute Gasteiger partial charge is 0.291 e. The fourth-order valence-electron chi connectivity index (χ4n) is 2.86. The van der Waals surface area contributed by atoms with E-state index in [2.05, 4.69) is 29.1 Å². The Morgan fingerprint density at radius 3 is 2.70 bits per heavy atom. The summed E-state index contributed by atoms with van der Waals surface area (Å²) >= 11 is 0. The molecule has 0 unspecified atom stereocenters. The number of nitrogens with zero attached hydrogens (tertiary/aromatic N) is 2. The molecule has 0 bridgehead atoms. The standard InChI is InChI=1S/C20H31N3O4/c1-5-23(6-2)12-8-9-15(4)21-20(25-7-3)22-19(24)16-10-11-17-18(13-16)27-14-26-17/h10-11,13,15H,5-9,12,14H2,1-4H3,(H,21,22,24)/t15-/m0/s1. The van der Waals surface area contributed by atoms with Gasteiger partial charge in [0.15, 0.2) is 11.5 Å². The van der Waals surface area contributed by atoms with E-state index in [9.17, 15) is 4.79 Å².